The summed E-state index contributed by atoms with van der Waals surface area (Å²) in [5.41, 5.74) is 2.35. The molecule has 6 nitrogen and oxygen atoms in total. The van der Waals surface area contributed by atoms with Gasteiger partial charge < -0.3 is 20.1 Å². The van der Waals surface area contributed by atoms with Gasteiger partial charge in [0.1, 0.15) is 17.6 Å². The number of phenols is 1. The van der Waals surface area contributed by atoms with Crippen molar-refractivity contribution in [3.05, 3.63) is 76.6 Å². The number of allylic oxidation sites excluding steroid dienone is 1. The molecule has 2 aromatic rings. The fourth-order valence-electron chi connectivity index (χ4n) is 4.24. The van der Waals surface area contributed by atoms with E-state index in [9.17, 15) is 28.1 Å². The smallest absolute Gasteiger partial charge is 0.165 e. The summed E-state index contributed by atoms with van der Waals surface area (Å²) in [5.74, 6) is -0.802. The molecule has 34 heavy (non-hydrogen) atoms. The third kappa shape index (κ3) is 6.46. The maximum Gasteiger partial charge on any atom is 0.165 e. The summed E-state index contributed by atoms with van der Waals surface area (Å²) in [7, 11) is -3.64. The normalized spacial score (nSPS) is 18.8. The molecule has 1 heterocycles. The highest BCUT2D eigenvalue weighted by atomic mass is 32.2. The minimum absolute atomic E-state index is 0.0105. The Morgan fingerprint density at radius 3 is 2.59 bits per heavy atom. The molecule has 1 aliphatic rings. The molecule has 3 N–H and O–H groups in total. The van der Waals surface area contributed by atoms with Crippen molar-refractivity contribution in [3.63, 3.8) is 0 Å². The van der Waals surface area contributed by atoms with Gasteiger partial charge >= 0.3 is 0 Å². The van der Waals surface area contributed by atoms with Crippen LogP contribution in [0.5, 0.6) is 11.5 Å². The van der Waals surface area contributed by atoms with Gasteiger partial charge in [0, 0.05) is 0 Å². The molecule has 2 atom stereocenters. The van der Waals surface area contributed by atoms with Crippen LogP contribution >= 0.6 is 0 Å². The summed E-state index contributed by atoms with van der Waals surface area (Å²) in [6.45, 7) is 1.42. The first-order valence-electron chi connectivity index (χ1n) is 11.3. The number of rotatable bonds is 11. The molecule has 2 aromatic carbocycles. The zero-order valence-corrected chi connectivity index (χ0v) is 20.0. The van der Waals surface area contributed by atoms with Crippen LogP contribution in [-0.4, -0.2) is 54.1 Å². The number of aromatic hydroxyl groups is 1. The zero-order chi connectivity index (χ0) is 24.7. The van der Waals surface area contributed by atoms with Gasteiger partial charge in [-0.05, 0) is 60.2 Å². The van der Waals surface area contributed by atoms with Gasteiger partial charge in [-0.2, -0.15) is 0 Å². The van der Waals surface area contributed by atoms with Crippen LogP contribution in [0.3, 0.4) is 0 Å². The third-order valence-electron chi connectivity index (χ3n) is 5.90. The number of hydrogen-bond donors (Lipinski definition) is 3. The number of phenolic OH excluding ortho intramolecular Hbond substituents is 1. The summed E-state index contributed by atoms with van der Waals surface area (Å²) < 4.78 is 44.7. The second kappa shape index (κ2) is 11.6. The predicted octanol–water partition coefficient (Wildman–Crippen LogP) is 4.02. The van der Waals surface area contributed by atoms with Crippen LogP contribution in [-0.2, 0) is 9.84 Å². The maximum absolute atomic E-state index is 13.7. The topological polar surface area (TPSA) is 104 Å². The minimum Gasteiger partial charge on any atom is -0.505 e. The molecule has 0 radical (unpaired) electrons. The fraction of sp³-hybridized carbons (Fsp3) is 0.385. The standard InChI is InChI=1S/C26H31FO6S/c1-2-6-18(13-19-10-11-23(29)22(27)14-19)9-12-24(30)26-20(17-34(31,32)25(26)15-28)16-33-21-7-4-3-5-8-21/h3-5,7-8,10-11,13-14,24-25,28-30H,2,6,9,12,15-17H2,1H3/b18-13+/t24-,25+/m1/s1. The van der Waals surface area contributed by atoms with E-state index in [0.29, 0.717) is 28.9 Å². The molecule has 3 rings (SSSR count). The monoisotopic (exact) mass is 490 g/mol. The molecule has 0 amide bonds. The van der Waals surface area contributed by atoms with Crippen molar-refractivity contribution in [2.24, 2.45) is 0 Å². The zero-order valence-electron chi connectivity index (χ0n) is 19.2. The van der Waals surface area contributed by atoms with Crippen molar-refractivity contribution in [1.82, 2.24) is 0 Å². The average molecular weight is 491 g/mol. The van der Waals surface area contributed by atoms with Gasteiger partial charge in [0.15, 0.2) is 21.4 Å². The number of benzene rings is 2. The molecular formula is C26H31FO6S. The number of ether oxygens (including phenoxy) is 1. The van der Waals surface area contributed by atoms with Crippen molar-refractivity contribution in [2.75, 3.05) is 19.0 Å². The summed E-state index contributed by atoms with van der Waals surface area (Å²) in [6, 6.07) is 13.1. The van der Waals surface area contributed by atoms with E-state index in [1.54, 1.807) is 18.2 Å². The van der Waals surface area contributed by atoms with Crippen LogP contribution in [0, 0.1) is 5.82 Å². The Morgan fingerprint density at radius 2 is 1.94 bits per heavy atom. The Bertz CT molecular complexity index is 1140. The van der Waals surface area contributed by atoms with Crippen molar-refractivity contribution in [2.45, 2.75) is 44.0 Å². The van der Waals surface area contributed by atoms with Crippen molar-refractivity contribution < 1.29 is 32.9 Å². The van der Waals surface area contributed by atoms with Gasteiger partial charge in [-0.3, -0.25) is 0 Å². The van der Waals surface area contributed by atoms with E-state index >= 15 is 0 Å². The van der Waals surface area contributed by atoms with Crippen LogP contribution in [0.1, 0.15) is 38.2 Å². The molecule has 0 aliphatic carbocycles. The fourth-order valence-corrected chi connectivity index (χ4v) is 6.11. The first kappa shape index (κ1) is 25.9. The third-order valence-corrected chi connectivity index (χ3v) is 7.92. The lowest BCUT2D eigenvalue weighted by Gasteiger charge is -2.20. The number of para-hydroxylation sites is 1. The largest absolute Gasteiger partial charge is 0.505 e. The lowest BCUT2D eigenvalue weighted by Crippen LogP contribution is -2.29. The molecule has 0 bridgehead atoms. The van der Waals surface area contributed by atoms with E-state index in [1.165, 1.54) is 12.1 Å². The van der Waals surface area contributed by atoms with Gasteiger partial charge in [0.25, 0.3) is 0 Å². The SMILES string of the molecule is CCC/C(=C\c1ccc(O)c(F)c1)CC[C@@H](O)C1=C(COc2ccccc2)CS(=O)(=O)[C@H]1CO. The Labute approximate surface area is 199 Å². The van der Waals surface area contributed by atoms with Gasteiger partial charge in [-0.1, -0.05) is 49.3 Å². The number of sulfone groups is 1. The Morgan fingerprint density at radius 1 is 1.21 bits per heavy atom. The van der Waals surface area contributed by atoms with Gasteiger partial charge in [-0.25, -0.2) is 12.8 Å². The summed E-state index contributed by atoms with van der Waals surface area (Å²) in [6.07, 6.45) is 3.03. The van der Waals surface area contributed by atoms with Crippen LogP contribution in [0.2, 0.25) is 0 Å². The van der Waals surface area contributed by atoms with Crippen LogP contribution in [0.15, 0.2) is 65.3 Å². The molecule has 1 aliphatic heterocycles. The second-order valence-corrected chi connectivity index (χ2v) is 10.6. The van der Waals surface area contributed by atoms with Crippen molar-refractivity contribution >= 4 is 15.9 Å². The minimum atomic E-state index is -3.64. The quantitative estimate of drug-likeness (QED) is 0.411. The number of halogens is 1. The summed E-state index contributed by atoms with van der Waals surface area (Å²) in [4.78, 5) is 0. The molecule has 184 valence electrons. The highest BCUT2D eigenvalue weighted by Gasteiger charge is 2.41. The summed E-state index contributed by atoms with van der Waals surface area (Å²) in [5, 5.41) is 29.0. The molecule has 0 fully saturated rings. The Kier molecular flexibility index (Phi) is 8.88. The number of hydrogen-bond acceptors (Lipinski definition) is 6. The van der Waals surface area contributed by atoms with E-state index < -0.39 is 39.4 Å². The lowest BCUT2D eigenvalue weighted by molar-refractivity contribution is 0.187. The van der Waals surface area contributed by atoms with Gasteiger partial charge in [0.2, 0.25) is 0 Å². The molecule has 0 saturated carbocycles. The maximum atomic E-state index is 13.7. The first-order valence-corrected chi connectivity index (χ1v) is 13.0. The van der Waals surface area contributed by atoms with Gasteiger partial charge in [-0.15, -0.1) is 0 Å². The molecule has 0 aromatic heterocycles. The van der Waals surface area contributed by atoms with Gasteiger partial charge in [0.05, 0.1) is 18.5 Å². The predicted molar refractivity (Wildman–Crippen MR) is 130 cm³/mol. The van der Waals surface area contributed by atoms with E-state index in [-0.39, 0.29) is 18.8 Å². The highest BCUT2D eigenvalue weighted by molar-refractivity contribution is 7.92. The molecule has 0 saturated heterocycles. The summed E-state index contributed by atoms with van der Waals surface area (Å²) >= 11 is 0. The van der Waals surface area contributed by atoms with Crippen molar-refractivity contribution in [3.8, 4) is 11.5 Å². The van der Waals surface area contributed by atoms with Crippen LogP contribution in [0.25, 0.3) is 6.08 Å². The molecule has 8 heteroatoms. The Hall–Kier alpha value is -2.68. The lowest BCUT2D eigenvalue weighted by atomic mass is 9.93. The second-order valence-electron chi connectivity index (χ2n) is 8.46. The highest BCUT2D eigenvalue weighted by Crippen LogP contribution is 2.33. The van der Waals surface area contributed by atoms with Crippen LogP contribution in [0.4, 0.5) is 4.39 Å². The number of aliphatic hydroxyl groups is 2. The van der Waals surface area contributed by atoms with E-state index in [2.05, 4.69) is 0 Å². The van der Waals surface area contributed by atoms with Crippen LogP contribution < -0.4 is 4.74 Å². The van der Waals surface area contributed by atoms with E-state index in [0.717, 1.165) is 18.4 Å². The number of aliphatic hydroxyl groups excluding tert-OH is 2. The van der Waals surface area contributed by atoms with E-state index in [1.807, 2.05) is 31.2 Å². The van der Waals surface area contributed by atoms with E-state index in [4.69, 9.17) is 4.74 Å². The molecule has 0 unspecified atom stereocenters. The average Bonchev–Trinajstić information content (AvgIpc) is 3.08. The molecular weight excluding hydrogens is 459 g/mol. The van der Waals surface area contributed by atoms with Crippen molar-refractivity contribution in [1.29, 1.82) is 0 Å². The Balaban J connectivity index is 1.79. The first-order chi connectivity index (χ1) is 16.2. The molecule has 0 spiro atoms.